The molecule has 3 saturated heterocycles. The van der Waals surface area contributed by atoms with Crippen LogP contribution in [0.5, 0.6) is 5.75 Å². The van der Waals surface area contributed by atoms with Gasteiger partial charge in [-0.3, -0.25) is 9.88 Å². The number of aromatic nitrogens is 1. The maximum atomic E-state index is 13.2. The molecule has 1 unspecified atom stereocenters. The second-order valence-electron chi connectivity index (χ2n) is 9.13. The van der Waals surface area contributed by atoms with Crippen molar-refractivity contribution in [2.24, 2.45) is 11.8 Å². The van der Waals surface area contributed by atoms with Crippen LogP contribution >= 0.6 is 11.6 Å². The zero-order valence-corrected chi connectivity index (χ0v) is 19.8. The monoisotopic (exact) mass is 464 g/mol. The lowest BCUT2D eigenvalue weighted by molar-refractivity contribution is -0.0659. The van der Waals surface area contributed by atoms with Crippen LogP contribution in [-0.4, -0.2) is 42.1 Å². The van der Waals surface area contributed by atoms with E-state index in [2.05, 4.69) is 16.8 Å². The Hall–Kier alpha value is -2.63. The molecule has 0 N–H and O–H groups in total. The summed E-state index contributed by atoms with van der Waals surface area (Å²) in [6.45, 7) is 4.39. The summed E-state index contributed by atoms with van der Waals surface area (Å²) in [7, 11) is 1.66. The molecule has 0 spiro atoms. The number of esters is 1. The van der Waals surface area contributed by atoms with Gasteiger partial charge in [0.05, 0.1) is 24.2 Å². The van der Waals surface area contributed by atoms with Crippen molar-refractivity contribution in [3.63, 3.8) is 0 Å². The Morgan fingerprint density at radius 2 is 2.03 bits per heavy atom. The van der Waals surface area contributed by atoms with Crippen LogP contribution in [0.1, 0.15) is 48.2 Å². The normalized spacial score (nSPS) is 25.1. The molecule has 5 atom stereocenters. The summed E-state index contributed by atoms with van der Waals surface area (Å²) >= 11 is 6.03. The molecule has 172 valence electrons. The number of carbonyl (C=O) groups excluding carboxylic acids is 1. The van der Waals surface area contributed by atoms with Crippen LogP contribution in [0.25, 0.3) is 10.9 Å². The van der Waals surface area contributed by atoms with Crippen LogP contribution in [0.15, 0.2) is 54.7 Å². The first-order chi connectivity index (χ1) is 16.1. The number of methoxy groups -OCH3 is 1. The van der Waals surface area contributed by atoms with E-state index in [1.54, 1.807) is 37.6 Å². The average Bonchev–Trinajstić information content (AvgIpc) is 2.87. The van der Waals surface area contributed by atoms with Gasteiger partial charge in [-0.25, -0.2) is 4.79 Å². The molecule has 2 bridgehead atoms. The maximum absolute atomic E-state index is 13.2. The van der Waals surface area contributed by atoms with Gasteiger partial charge in [0.2, 0.25) is 0 Å². The van der Waals surface area contributed by atoms with Crippen LogP contribution in [0.4, 0.5) is 0 Å². The van der Waals surface area contributed by atoms with E-state index < -0.39 is 6.10 Å². The zero-order valence-electron chi connectivity index (χ0n) is 19.0. The molecular formula is C27H29ClN2O3. The zero-order chi connectivity index (χ0) is 22.9. The summed E-state index contributed by atoms with van der Waals surface area (Å²) in [5, 5.41) is 1.55. The van der Waals surface area contributed by atoms with E-state index in [1.807, 2.05) is 24.3 Å². The number of pyridine rings is 1. The number of benzene rings is 2. The van der Waals surface area contributed by atoms with Gasteiger partial charge in [-0.1, -0.05) is 24.9 Å². The summed E-state index contributed by atoms with van der Waals surface area (Å²) in [5.74, 6) is 1.82. The van der Waals surface area contributed by atoms with E-state index in [0.717, 1.165) is 47.6 Å². The number of nitrogens with zero attached hydrogens (tertiary/aromatic N) is 2. The standard InChI is InChI=1S/C27H29ClN2O3/c1-3-17-16-30-13-11-19(17)14-25(30)26(33-27(31)18-4-6-20(28)7-5-18)22-10-12-29-24-9-8-21(32-2)15-23(22)24/h4-10,12,15,17,19,25-26H,3,11,13-14,16H2,1-2H3/t17-,19+,25-,26-/m1/s1. The van der Waals surface area contributed by atoms with Gasteiger partial charge >= 0.3 is 5.97 Å². The van der Waals surface area contributed by atoms with Gasteiger partial charge in [-0.15, -0.1) is 0 Å². The minimum Gasteiger partial charge on any atom is -0.497 e. The van der Waals surface area contributed by atoms with Gasteiger partial charge in [0.15, 0.2) is 0 Å². The molecule has 6 heteroatoms. The number of rotatable bonds is 6. The fourth-order valence-corrected chi connectivity index (χ4v) is 5.72. The van der Waals surface area contributed by atoms with E-state index in [0.29, 0.717) is 16.5 Å². The lowest BCUT2D eigenvalue weighted by Gasteiger charge is -2.51. The van der Waals surface area contributed by atoms with Crippen molar-refractivity contribution in [2.45, 2.75) is 38.3 Å². The first kappa shape index (κ1) is 22.2. The van der Waals surface area contributed by atoms with Crippen molar-refractivity contribution in [2.75, 3.05) is 20.2 Å². The number of piperidine rings is 3. The molecule has 6 rings (SSSR count). The van der Waals surface area contributed by atoms with Crippen molar-refractivity contribution < 1.29 is 14.3 Å². The fraction of sp³-hybridized carbons (Fsp3) is 0.407. The topological polar surface area (TPSA) is 51.7 Å². The highest BCUT2D eigenvalue weighted by Gasteiger charge is 2.44. The van der Waals surface area contributed by atoms with E-state index in [1.165, 1.54) is 12.8 Å². The predicted molar refractivity (Wildman–Crippen MR) is 130 cm³/mol. The number of halogens is 1. The lowest BCUT2D eigenvalue weighted by atomic mass is 9.72. The minimum atomic E-state index is -0.397. The third-order valence-corrected chi connectivity index (χ3v) is 7.66. The van der Waals surface area contributed by atoms with Crippen molar-refractivity contribution in [3.8, 4) is 5.75 Å². The van der Waals surface area contributed by atoms with Crippen LogP contribution in [0.2, 0.25) is 5.02 Å². The molecule has 0 amide bonds. The molecule has 4 heterocycles. The van der Waals surface area contributed by atoms with Gasteiger partial charge in [-0.05, 0) is 79.8 Å². The quantitative estimate of drug-likeness (QED) is 0.424. The molecule has 3 aliphatic rings. The Balaban J connectivity index is 1.55. The number of ether oxygens (including phenoxy) is 2. The second-order valence-corrected chi connectivity index (χ2v) is 9.57. The summed E-state index contributed by atoms with van der Waals surface area (Å²) in [6, 6.07) is 14.9. The van der Waals surface area contributed by atoms with Crippen molar-refractivity contribution in [1.82, 2.24) is 9.88 Å². The number of hydrogen-bond acceptors (Lipinski definition) is 5. The number of fused-ring (bicyclic) bond motifs is 4. The van der Waals surface area contributed by atoms with E-state index in [-0.39, 0.29) is 12.0 Å². The molecule has 0 aliphatic carbocycles. The molecule has 5 nitrogen and oxygen atoms in total. The molecule has 1 aromatic heterocycles. The van der Waals surface area contributed by atoms with E-state index >= 15 is 0 Å². The highest BCUT2D eigenvalue weighted by atomic mass is 35.5. The molecule has 3 aromatic rings. The van der Waals surface area contributed by atoms with Crippen molar-refractivity contribution in [1.29, 1.82) is 0 Å². The van der Waals surface area contributed by atoms with Crippen molar-refractivity contribution >= 4 is 28.5 Å². The number of carbonyl (C=O) groups is 1. The van der Waals surface area contributed by atoms with E-state index in [4.69, 9.17) is 21.1 Å². The highest BCUT2D eigenvalue weighted by Crippen LogP contribution is 2.44. The molecule has 2 aromatic carbocycles. The van der Waals surface area contributed by atoms with Gasteiger partial charge in [-0.2, -0.15) is 0 Å². The van der Waals surface area contributed by atoms with Crippen LogP contribution in [-0.2, 0) is 4.74 Å². The predicted octanol–water partition coefficient (Wildman–Crippen LogP) is 5.92. The SMILES string of the molecule is CC[C@@H]1CN2CC[C@H]1C[C@@H]2[C@H](OC(=O)c1ccc(Cl)cc1)c1ccnc2ccc(OC)cc12. The van der Waals surface area contributed by atoms with Gasteiger partial charge in [0, 0.05) is 28.7 Å². The Morgan fingerprint density at radius 3 is 2.73 bits per heavy atom. The fourth-order valence-electron chi connectivity index (χ4n) is 5.60. The summed E-state index contributed by atoms with van der Waals surface area (Å²) < 4.78 is 11.8. The maximum Gasteiger partial charge on any atom is 0.338 e. The van der Waals surface area contributed by atoms with Gasteiger partial charge in [0.1, 0.15) is 11.9 Å². The minimum absolute atomic E-state index is 0.139. The first-order valence-electron chi connectivity index (χ1n) is 11.7. The summed E-state index contributed by atoms with van der Waals surface area (Å²) in [5.41, 5.74) is 2.35. The first-order valence-corrected chi connectivity index (χ1v) is 12.1. The highest BCUT2D eigenvalue weighted by molar-refractivity contribution is 6.30. The number of hydrogen-bond donors (Lipinski definition) is 0. The molecule has 0 saturated carbocycles. The van der Waals surface area contributed by atoms with E-state index in [9.17, 15) is 4.79 Å². The molecular weight excluding hydrogens is 436 g/mol. The Morgan fingerprint density at radius 1 is 1.21 bits per heavy atom. The average molecular weight is 465 g/mol. The Kier molecular flexibility index (Phi) is 6.26. The summed E-state index contributed by atoms with van der Waals surface area (Å²) in [4.78, 5) is 20.3. The molecule has 3 fully saturated rings. The van der Waals surface area contributed by atoms with Crippen LogP contribution < -0.4 is 4.74 Å². The lowest BCUT2D eigenvalue weighted by Crippen LogP contribution is -2.55. The van der Waals surface area contributed by atoms with Gasteiger partial charge in [0.25, 0.3) is 0 Å². The third-order valence-electron chi connectivity index (χ3n) is 7.41. The molecule has 3 aliphatic heterocycles. The second kappa shape index (κ2) is 9.32. The van der Waals surface area contributed by atoms with Gasteiger partial charge < -0.3 is 9.47 Å². The largest absolute Gasteiger partial charge is 0.497 e. The smallest absolute Gasteiger partial charge is 0.338 e. The molecule has 0 radical (unpaired) electrons. The van der Waals surface area contributed by atoms with Crippen LogP contribution in [0, 0.1) is 11.8 Å². The Bertz CT molecular complexity index is 1150. The molecule has 33 heavy (non-hydrogen) atoms. The Labute approximate surface area is 199 Å². The van der Waals surface area contributed by atoms with Crippen molar-refractivity contribution in [3.05, 3.63) is 70.9 Å². The van der Waals surface area contributed by atoms with Crippen LogP contribution in [0.3, 0.4) is 0 Å². The third kappa shape index (κ3) is 4.32. The summed E-state index contributed by atoms with van der Waals surface area (Å²) in [6.07, 6.45) is 4.85.